The van der Waals surface area contributed by atoms with Gasteiger partial charge in [-0.25, -0.2) is 0 Å². The number of fused-ring (bicyclic) bond motifs is 1. The Morgan fingerprint density at radius 1 is 1.00 bits per heavy atom. The number of nitrogens with one attached hydrogen (secondary N) is 2. The summed E-state index contributed by atoms with van der Waals surface area (Å²) in [5.74, 6) is -1.28. The number of amides is 3. The van der Waals surface area contributed by atoms with Gasteiger partial charge in [0.1, 0.15) is 6.04 Å². The van der Waals surface area contributed by atoms with Crippen molar-refractivity contribution < 1.29 is 14.4 Å². The lowest BCUT2D eigenvalue weighted by molar-refractivity contribution is -0.122. The monoisotopic (exact) mass is 497 g/mol. The van der Waals surface area contributed by atoms with Gasteiger partial charge in [0.25, 0.3) is 5.91 Å². The Bertz CT molecular complexity index is 1170. The van der Waals surface area contributed by atoms with Crippen LogP contribution in [-0.2, 0) is 9.59 Å². The van der Waals surface area contributed by atoms with Gasteiger partial charge in [-0.15, -0.1) is 0 Å². The topological polar surface area (TPSA) is 78.5 Å². The number of anilines is 3. The van der Waals surface area contributed by atoms with Crippen molar-refractivity contribution in [2.24, 2.45) is 0 Å². The van der Waals surface area contributed by atoms with Gasteiger partial charge in [0.05, 0.1) is 28.4 Å². The number of hydrogen-bond donors (Lipinski definition) is 2. The van der Waals surface area contributed by atoms with Gasteiger partial charge < -0.3 is 10.6 Å². The molecule has 0 aliphatic carbocycles. The molecule has 0 saturated carbocycles. The van der Waals surface area contributed by atoms with Crippen LogP contribution in [0.1, 0.15) is 16.8 Å². The van der Waals surface area contributed by atoms with Crippen LogP contribution in [0.25, 0.3) is 0 Å². The molecule has 0 unspecified atom stereocenters. The number of benzene rings is 3. The van der Waals surface area contributed by atoms with E-state index in [1.54, 1.807) is 72.8 Å². The average Bonchev–Trinajstić information content (AvgIpc) is 2.76. The zero-order chi connectivity index (χ0) is 22.0. The number of nitrogens with zero attached hydrogens (tertiary/aromatic N) is 1. The summed E-state index contributed by atoms with van der Waals surface area (Å²) < 4.78 is 0.880. The second-order valence-electron chi connectivity index (χ2n) is 6.94. The maximum Gasteiger partial charge on any atom is 0.260 e. The Labute approximate surface area is 192 Å². The Morgan fingerprint density at radius 2 is 1.68 bits per heavy atom. The van der Waals surface area contributed by atoms with E-state index in [0.717, 1.165) is 4.47 Å². The first-order chi connectivity index (χ1) is 14.9. The molecular formula is C23H17BrClN3O3. The predicted molar refractivity (Wildman–Crippen MR) is 125 cm³/mol. The summed E-state index contributed by atoms with van der Waals surface area (Å²) in [4.78, 5) is 40.4. The van der Waals surface area contributed by atoms with E-state index < -0.39 is 17.9 Å². The Hall–Kier alpha value is -3.16. The number of carbonyl (C=O) groups is 3. The van der Waals surface area contributed by atoms with E-state index in [-0.39, 0.29) is 22.9 Å². The van der Waals surface area contributed by atoms with Crippen molar-refractivity contribution in [3.63, 3.8) is 0 Å². The molecule has 31 heavy (non-hydrogen) atoms. The van der Waals surface area contributed by atoms with Crippen LogP contribution in [0, 0.1) is 0 Å². The quantitative estimate of drug-likeness (QED) is 0.525. The lowest BCUT2D eigenvalue weighted by Gasteiger charge is -2.36. The van der Waals surface area contributed by atoms with Gasteiger partial charge in [0.2, 0.25) is 11.8 Å². The highest BCUT2D eigenvalue weighted by Crippen LogP contribution is 2.35. The van der Waals surface area contributed by atoms with Crippen molar-refractivity contribution in [1.29, 1.82) is 0 Å². The van der Waals surface area contributed by atoms with E-state index in [1.165, 1.54) is 4.90 Å². The fraction of sp³-hybridized carbons (Fsp3) is 0.0870. The van der Waals surface area contributed by atoms with E-state index in [9.17, 15) is 14.4 Å². The fourth-order valence-electron chi connectivity index (χ4n) is 3.41. The molecule has 6 nitrogen and oxygen atoms in total. The molecule has 1 heterocycles. The molecule has 8 heteroatoms. The molecule has 1 atom stereocenters. The lowest BCUT2D eigenvalue weighted by atomic mass is 10.0. The molecule has 0 saturated heterocycles. The zero-order valence-electron chi connectivity index (χ0n) is 16.1. The van der Waals surface area contributed by atoms with Gasteiger partial charge in [-0.3, -0.25) is 19.3 Å². The van der Waals surface area contributed by atoms with Crippen LogP contribution in [-0.4, -0.2) is 23.8 Å². The molecule has 0 radical (unpaired) electrons. The minimum absolute atomic E-state index is 0.216. The fourth-order valence-corrected chi connectivity index (χ4v) is 3.89. The molecule has 0 fully saturated rings. The van der Waals surface area contributed by atoms with Crippen molar-refractivity contribution in [1.82, 2.24) is 0 Å². The Kier molecular flexibility index (Phi) is 6.06. The molecule has 1 aliphatic heterocycles. The van der Waals surface area contributed by atoms with Gasteiger partial charge in [-0.1, -0.05) is 51.8 Å². The van der Waals surface area contributed by atoms with Crippen LogP contribution < -0.4 is 15.5 Å². The first-order valence-electron chi connectivity index (χ1n) is 9.47. The highest BCUT2D eigenvalue weighted by atomic mass is 79.9. The van der Waals surface area contributed by atoms with Crippen molar-refractivity contribution in [2.75, 3.05) is 15.5 Å². The summed E-state index contributed by atoms with van der Waals surface area (Å²) in [7, 11) is 0. The summed E-state index contributed by atoms with van der Waals surface area (Å²) in [5, 5.41) is 5.83. The number of rotatable bonds is 4. The number of carbonyl (C=O) groups excluding carboxylic acids is 3. The summed E-state index contributed by atoms with van der Waals surface area (Å²) in [6.07, 6.45) is -0.216. The molecule has 3 aromatic carbocycles. The summed E-state index contributed by atoms with van der Waals surface area (Å²) >= 11 is 9.59. The highest BCUT2D eigenvalue weighted by Gasteiger charge is 2.39. The Balaban J connectivity index is 1.66. The molecule has 2 N–H and O–H groups in total. The van der Waals surface area contributed by atoms with E-state index in [2.05, 4.69) is 26.6 Å². The summed E-state index contributed by atoms with van der Waals surface area (Å²) in [5.41, 5.74) is 1.85. The third-order valence-electron chi connectivity index (χ3n) is 4.87. The van der Waals surface area contributed by atoms with Gasteiger partial charge in [-0.2, -0.15) is 0 Å². The number of halogens is 2. The van der Waals surface area contributed by atoms with Gasteiger partial charge in [0, 0.05) is 10.2 Å². The van der Waals surface area contributed by atoms with E-state index in [1.807, 2.05) is 0 Å². The van der Waals surface area contributed by atoms with Crippen molar-refractivity contribution in [3.05, 3.63) is 87.9 Å². The van der Waals surface area contributed by atoms with Crippen molar-refractivity contribution in [2.45, 2.75) is 12.5 Å². The van der Waals surface area contributed by atoms with Crippen LogP contribution in [0.2, 0.25) is 5.02 Å². The maximum atomic E-state index is 13.4. The molecule has 156 valence electrons. The molecular weight excluding hydrogens is 482 g/mol. The number of para-hydroxylation sites is 2. The molecule has 0 aromatic heterocycles. The second kappa shape index (κ2) is 8.91. The lowest BCUT2D eigenvalue weighted by Crippen LogP contribution is -2.52. The van der Waals surface area contributed by atoms with Crippen LogP contribution in [0.4, 0.5) is 17.1 Å². The molecule has 1 aliphatic rings. The van der Waals surface area contributed by atoms with Gasteiger partial charge >= 0.3 is 0 Å². The SMILES string of the molecule is O=C(C[C@@H]1C(=O)Nc2ccccc2N1C(=O)c1ccccc1Cl)Nc1ccc(Br)cc1. The highest BCUT2D eigenvalue weighted by molar-refractivity contribution is 9.10. The standard InChI is InChI=1S/C23H17BrClN3O3/c24-14-9-11-15(12-10-14)26-21(29)13-20-22(30)27-18-7-3-4-8-19(18)28(20)23(31)16-5-1-2-6-17(16)25/h1-12,20H,13H2,(H,26,29)(H,27,30)/t20-/m1/s1. The largest absolute Gasteiger partial charge is 0.326 e. The van der Waals surface area contributed by atoms with Crippen LogP contribution in [0.5, 0.6) is 0 Å². The minimum Gasteiger partial charge on any atom is -0.326 e. The number of hydrogen-bond acceptors (Lipinski definition) is 3. The second-order valence-corrected chi connectivity index (χ2v) is 8.26. The van der Waals surface area contributed by atoms with Crippen LogP contribution in [0.3, 0.4) is 0 Å². The third kappa shape index (κ3) is 4.47. The molecule has 3 amide bonds. The molecule has 3 aromatic rings. The van der Waals surface area contributed by atoms with Crippen LogP contribution >= 0.6 is 27.5 Å². The molecule has 4 rings (SSSR count). The smallest absolute Gasteiger partial charge is 0.260 e. The van der Waals surface area contributed by atoms with Gasteiger partial charge in [0.15, 0.2) is 0 Å². The first-order valence-corrected chi connectivity index (χ1v) is 10.6. The average molecular weight is 499 g/mol. The Morgan fingerprint density at radius 3 is 2.42 bits per heavy atom. The third-order valence-corrected chi connectivity index (χ3v) is 5.72. The van der Waals surface area contributed by atoms with Crippen molar-refractivity contribution in [3.8, 4) is 0 Å². The predicted octanol–water partition coefficient (Wildman–Crippen LogP) is 5.10. The van der Waals surface area contributed by atoms with E-state index in [4.69, 9.17) is 11.6 Å². The van der Waals surface area contributed by atoms with Gasteiger partial charge in [-0.05, 0) is 48.5 Å². The summed E-state index contributed by atoms with van der Waals surface area (Å²) in [6, 6.07) is 19.6. The molecule has 0 spiro atoms. The van der Waals surface area contributed by atoms with Crippen LogP contribution in [0.15, 0.2) is 77.3 Å². The summed E-state index contributed by atoms with van der Waals surface area (Å²) in [6.45, 7) is 0. The first kappa shape index (κ1) is 21.1. The maximum absolute atomic E-state index is 13.4. The van der Waals surface area contributed by atoms with E-state index >= 15 is 0 Å². The molecule has 0 bridgehead atoms. The minimum atomic E-state index is -1.03. The van der Waals surface area contributed by atoms with Crippen molar-refractivity contribution >= 4 is 62.3 Å². The zero-order valence-corrected chi connectivity index (χ0v) is 18.5. The van der Waals surface area contributed by atoms with E-state index in [0.29, 0.717) is 17.1 Å². The normalized spacial score (nSPS) is 15.1.